The molecule has 2 rings (SSSR count). The van der Waals surface area contributed by atoms with Gasteiger partial charge in [-0.3, -0.25) is 4.79 Å². The maximum absolute atomic E-state index is 12.2. The molecule has 0 aliphatic carbocycles. The highest BCUT2D eigenvalue weighted by atomic mass is 32.2. The highest BCUT2D eigenvalue weighted by Crippen LogP contribution is 2.17. The van der Waals surface area contributed by atoms with Crippen LogP contribution in [0.1, 0.15) is 18.9 Å². The van der Waals surface area contributed by atoms with Crippen molar-refractivity contribution in [3.63, 3.8) is 0 Å². The maximum atomic E-state index is 12.2. The number of thioether (sulfide) groups is 1. The molecule has 19 heavy (non-hydrogen) atoms. The summed E-state index contributed by atoms with van der Waals surface area (Å²) < 4.78 is 0. The minimum absolute atomic E-state index is 0.184. The van der Waals surface area contributed by atoms with Crippen LogP contribution in [0.15, 0.2) is 24.3 Å². The van der Waals surface area contributed by atoms with E-state index in [0.717, 1.165) is 30.2 Å². The van der Waals surface area contributed by atoms with Gasteiger partial charge in [-0.1, -0.05) is 19.1 Å². The Hall–Kier alpha value is -1.00. The van der Waals surface area contributed by atoms with Crippen molar-refractivity contribution in [3.8, 4) is 0 Å². The Morgan fingerprint density at radius 1 is 1.42 bits per heavy atom. The summed E-state index contributed by atoms with van der Waals surface area (Å²) in [5, 5.41) is 3.41. The van der Waals surface area contributed by atoms with Crippen LogP contribution in [0.5, 0.6) is 0 Å². The number of anilines is 1. The summed E-state index contributed by atoms with van der Waals surface area (Å²) in [5.41, 5.74) is 2.28. The van der Waals surface area contributed by atoms with Crippen molar-refractivity contribution in [2.75, 3.05) is 30.0 Å². The lowest BCUT2D eigenvalue weighted by Gasteiger charge is -2.25. The smallest absolute Gasteiger partial charge is 0.228 e. The molecule has 1 aliphatic heterocycles. The molecule has 1 aromatic carbocycles. The molecule has 4 heteroatoms. The van der Waals surface area contributed by atoms with Crippen LogP contribution in [0.4, 0.5) is 5.69 Å². The molecule has 0 aromatic heterocycles. The maximum Gasteiger partial charge on any atom is 0.228 e. The van der Waals surface area contributed by atoms with E-state index in [9.17, 15) is 4.79 Å². The molecule has 1 heterocycles. The fraction of sp³-hybridized carbons (Fsp3) is 0.533. The Balaban J connectivity index is 1.93. The van der Waals surface area contributed by atoms with Crippen LogP contribution in [0.2, 0.25) is 0 Å². The first kappa shape index (κ1) is 14.4. The summed E-state index contributed by atoms with van der Waals surface area (Å²) >= 11 is 1.92. The van der Waals surface area contributed by atoms with Gasteiger partial charge in [0.05, 0.1) is 0 Å². The zero-order valence-corrected chi connectivity index (χ0v) is 12.5. The molecule has 0 radical (unpaired) electrons. The molecule has 1 aromatic rings. The van der Waals surface area contributed by atoms with Gasteiger partial charge in [0, 0.05) is 43.2 Å². The topological polar surface area (TPSA) is 32.3 Å². The number of nitrogens with one attached hydrogen (secondary N) is 1. The Labute approximate surface area is 119 Å². The third-order valence-electron chi connectivity index (χ3n) is 3.53. The van der Waals surface area contributed by atoms with Crippen molar-refractivity contribution in [1.82, 2.24) is 5.32 Å². The van der Waals surface area contributed by atoms with Crippen LogP contribution in [0, 0.1) is 0 Å². The van der Waals surface area contributed by atoms with Crippen molar-refractivity contribution in [3.05, 3.63) is 29.8 Å². The zero-order valence-electron chi connectivity index (χ0n) is 11.7. The number of benzene rings is 1. The molecular weight excluding hydrogens is 256 g/mol. The van der Waals surface area contributed by atoms with E-state index in [2.05, 4.69) is 24.4 Å². The minimum atomic E-state index is 0.184. The molecule has 0 saturated carbocycles. The van der Waals surface area contributed by atoms with E-state index < -0.39 is 0 Å². The van der Waals surface area contributed by atoms with Gasteiger partial charge in [-0.05, 0) is 24.1 Å². The highest BCUT2D eigenvalue weighted by Gasteiger charge is 2.19. The number of hydrogen-bond acceptors (Lipinski definition) is 3. The lowest BCUT2D eigenvalue weighted by Crippen LogP contribution is -2.41. The van der Waals surface area contributed by atoms with Crippen molar-refractivity contribution >= 4 is 23.4 Å². The van der Waals surface area contributed by atoms with Gasteiger partial charge in [0.25, 0.3) is 0 Å². The predicted molar refractivity (Wildman–Crippen MR) is 83.0 cm³/mol. The van der Waals surface area contributed by atoms with Gasteiger partial charge < -0.3 is 10.2 Å². The molecule has 1 fully saturated rings. The van der Waals surface area contributed by atoms with Gasteiger partial charge in [0.15, 0.2) is 0 Å². The average molecular weight is 278 g/mol. The second-order valence-corrected chi connectivity index (χ2v) is 6.05. The Morgan fingerprint density at radius 2 is 2.16 bits per heavy atom. The number of carbonyl (C=O) groups is 1. The first-order valence-corrected chi connectivity index (χ1v) is 8.02. The van der Waals surface area contributed by atoms with Crippen molar-refractivity contribution in [2.24, 2.45) is 0 Å². The predicted octanol–water partition coefficient (Wildman–Crippen LogP) is 2.31. The molecule has 1 N–H and O–H groups in total. The van der Waals surface area contributed by atoms with E-state index in [-0.39, 0.29) is 5.91 Å². The largest absolute Gasteiger partial charge is 0.315 e. The Kier molecular flexibility index (Phi) is 5.28. The van der Waals surface area contributed by atoms with Crippen LogP contribution in [-0.2, 0) is 11.2 Å². The average Bonchev–Trinajstić information content (AvgIpc) is 2.47. The van der Waals surface area contributed by atoms with E-state index >= 15 is 0 Å². The van der Waals surface area contributed by atoms with Crippen LogP contribution in [0.3, 0.4) is 0 Å². The van der Waals surface area contributed by atoms with Gasteiger partial charge in [-0.15, -0.1) is 0 Å². The van der Waals surface area contributed by atoms with Crippen molar-refractivity contribution in [2.45, 2.75) is 25.8 Å². The Morgan fingerprint density at radius 3 is 2.74 bits per heavy atom. The fourth-order valence-corrected chi connectivity index (χ4v) is 3.15. The fourth-order valence-electron chi connectivity index (χ4n) is 2.20. The first-order valence-electron chi connectivity index (χ1n) is 6.87. The van der Waals surface area contributed by atoms with Gasteiger partial charge in [0.1, 0.15) is 0 Å². The first-order chi connectivity index (χ1) is 9.20. The lowest BCUT2D eigenvalue weighted by molar-refractivity contribution is -0.118. The minimum Gasteiger partial charge on any atom is -0.315 e. The lowest BCUT2D eigenvalue weighted by atomic mass is 10.1. The molecule has 1 amide bonds. The molecule has 0 bridgehead atoms. The molecule has 0 spiro atoms. The number of aryl methyl sites for hydroxylation is 1. The standard InChI is InChI=1S/C15H22N2OS/c1-3-12-4-6-14(7-5-12)17(2)15(18)10-13-11-19-9-8-16-13/h4-7,13,16H,3,8-11H2,1-2H3. The number of carbonyl (C=O) groups excluding carboxylic acids is 1. The van der Waals surface area contributed by atoms with Crippen molar-refractivity contribution < 1.29 is 4.79 Å². The summed E-state index contributed by atoms with van der Waals surface area (Å²) in [6, 6.07) is 8.56. The molecule has 1 saturated heterocycles. The molecule has 1 atom stereocenters. The van der Waals surface area contributed by atoms with E-state index in [1.54, 1.807) is 4.90 Å². The van der Waals surface area contributed by atoms with E-state index in [4.69, 9.17) is 0 Å². The van der Waals surface area contributed by atoms with Crippen LogP contribution < -0.4 is 10.2 Å². The van der Waals surface area contributed by atoms with Gasteiger partial charge in [-0.2, -0.15) is 11.8 Å². The summed E-state index contributed by atoms with van der Waals surface area (Å²) in [4.78, 5) is 14.0. The zero-order chi connectivity index (χ0) is 13.7. The van der Waals surface area contributed by atoms with Crippen LogP contribution in [0.25, 0.3) is 0 Å². The van der Waals surface area contributed by atoms with E-state index in [1.807, 2.05) is 30.9 Å². The molecule has 1 unspecified atom stereocenters. The molecule has 1 aliphatic rings. The monoisotopic (exact) mass is 278 g/mol. The quantitative estimate of drug-likeness (QED) is 0.917. The number of rotatable bonds is 4. The van der Waals surface area contributed by atoms with Gasteiger partial charge in [0.2, 0.25) is 5.91 Å². The number of amides is 1. The van der Waals surface area contributed by atoms with Crippen LogP contribution in [-0.4, -0.2) is 37.0 Å². The summed E-state index contributed by atoms with van der Waals surface area (Å²) in [5.74, 6) is 2.37. The second-order valence-electron chi connectivity index (χ2n) is 4.90. The molecule has 3 nitrogen and oxygen atoms in total. The van der Waals surface area contributed by atoms with Crippen LogP contribution >= 0.6 is 11.8 Å². The SMILES string of the molecule is CCc1ccc(N(C)C(=O)CC2CSCCN2)cc1. The summed E-state index contributed by atoms with van der Waals surface area (Å²) in [7, 11) is 1.86. The van der Waals surface area contributed by atoms with Gasteiger partial charge >= 0.3 is 0 Å². The van der Waals surface area contributed by atoms with Crippen molar-refractivity contribution in [1.29, 1.82) is 0 Å². The number of nitrogens with zero attached hydrogens (tertiary/aromatic N) is 1. The Bertz CT molecular complexity index is 413. The van der Waals surface area contributed by atoms with E-state index in [0.29, 0.717) is 12.5 Å². The molecular formula is C15H22N2OS. The third kappa shape index (κ3) is 3.98. The molecule has 104 valence electrons. The number of hydrogen-bond donors (Lipinski definition) is 1. The summed E-state index contributed by atoms with van der Waals surface area (Å²) in [6.45, 7) is 3.15. The highest BCUT2D eigenvalue weighted by molar-refractivity contribution is 7.99. The summed E-state index contributed by atoms with van der Waals surface area (Å²) in [6.07, 6.45) is 1.61. The normalized spacial score (nSPS) is 19.2. The van der Waals surface area contributed by atoms with E-state index in [1.165, 1.54) is 5.56 Å². The second kappa shape index (κ2) is 6.96. The van der Waals surface area contributed by atoms with Gasteiger partial charge in [-0.25, -0.2) is 0 Å². The third-order valence-corrected chi connectivity index (χ3v) is 4.66.